The quantitative estimate of drug-likeness (QED) is 0.330. The molecule has 23 heavy (non-hydrogen) atoms. The molecule has 1 aromatic rings. The van der Waals surface area contributed by atoms with E-state index in [0.29, 0.717) is 12.0 Å². The van der Waals surface area contributed by atoms with Crippen LogP contribution in [0.4, 0.5) is 0 Å². The van der Waals surface area contributed by atoms with Gasteiger partial charge in [0.15, 0.2) is 0 Å². The zero-order valence-corrected chi connectivity index (χ0v) is 17.5. The Kier molecular flexibility index (Phi) is 13.5. The molecule has 1 rings (SSSR count). The fourth-order valence-electron chi connectivity index (χ4n) is 2.79. The van der Waals surface area contributed by atoms with E-state index in [0.717, 1.165) is 19.3 Å². The average Bonchev–Trinajstić information content (AvgIpc) is 2.49. The van der Waals surface area contributed by atoms with Gasteiger partial charge in [0.1, 0.15) is 10.1 Å². The van der Waals surface area contributed by atoms with Crippen LogP contribution < -0.4 is 29.6 Å². The summed E-state index contributed by atoms with van der Waals surface area (Å²) in [5.74, 6) is 0. The Morgan fingerprint density at radius 2 is 1.35 bits per heavy atom. The summed E-state index contributed by atoms with van der Waals surface area (Å²) in [5.41, 5.74) is 0.622. The smallest absolute Gasteiger partial charge is 0.747 e. The molecule has 0 aliphatic carbocycles. The first-order valence-electron chi connectivity index (χ1n) is 8.55. The fourth-order valence-corrected chi connectivity index (χ4v) is 3.73. The molecule has 0 aliphatic rings. The van der Waals surface area contributed by atoms with Gasteiger partial charge in [-0.2, -0.15) is 0 Å². The van der Waals surface area contributed by atoms with E-state index in [9.17, 15) is 13.0 Å². The maximum atomic E-state index is 11.4. The minimum atomic E-state index is -4.28. The van der Waals surface area contributed by atoms with E-state index in [1.165, 1.54) is 38.5 Å². The van der Waals surface area contributed by atoms with Crippen molar-refractivity contribution in [3.63, 3.8) is 0 Å². The number of hydrogen-bond donors (Lipinski definition) is 0. The first-order chi connectivity index (χ1) is 10.6. The van der Waals surface area contributed by atoms with Crippen LogP contribution in [0, 0.1) is 0 Å². The first kappa shape index (κ1) is 23.1. The Morgan fingerprint density at radius 3 is 1.83 bits per heavy atom. The van der Waals surface area contributed by atoms with Crippen LogP contribution in [0.1, 0.15) is 81.9 Å². The second kappa shape index (κ2) is 13.4. The summed E-state index contributed by atoms with van der Waals surface area (Å²) in [4.78, 5) is 0. The minimum Gasteiger partial charge on any atom is -0.747 e. The molecule has 0 N–H and O–H groups in total. The summed E-state index contributed by atoms with van der Waals surface area (Å²) in [6, 6.07) is 8.85. The molecule has 0 spiro atoms. The number of hydrogen-bond acceptors (Lipinski definition) is 3. The predicted octanol–water partition coefficient (Wildman–Crippen LogP) is 2.20. The van der Waals surface area contributed by atoms with Gasteiger partial charge >= 0.3 is 29.6 Å². The zero-order valence-electron chi connectivity index (χ0n) is 14.7. The maximum Gasteiger partial charge on any atom is 1.00 e. The van der Waals surface area contributed by atoms with Gasteiger partial charge in [-0.1, -0.05) is 95.0 Å². The van der Waals surface area contributed by atoms with Crippen LogP contribution in [0.3, 0.4) is 0 Å². The summed E-state index contributed by atoms with van der Waals surface area (Å²) in [6.07, 6.45) is 11.1. The van der Waals surface area contributed by atoms with Crippen LogP contribution in [-0.2, 0) is 10.1 Å². The molecule has 5 heteroatoms. The second-order valence-electron chi connectivity index (χ2n) is 6.01. The van der Waals surface area contributed by atoms with Gasteiger partial charge in [0.25, 0.3) is 0 Å². The summed E-state index contributed by atoms with van der Waals surface area (Å²) in [7, 11) is -4.28. The summed E-state index contributed by atoms with van der Waals surface area (Å²) < 4.78 is 34.3. The van der Waals surface area contributed by atoms with Gasteiger partial charge < -0.3 is 4.55 Å². The van der Waals surface area contributed by atoms with E-state index in [2.05, 4.69) is 6.92 Å². The second-order valence-corrected chi connectivity index (χ2v) is 7.56. The third kappa shape index (κ3) is 10.6. The molecule has 0 heterocycles. The van der Waals surface area contributed by atoms with Gasteiger partial charge in [0.05, 0.1) is 5.25 Å². The van der Waals surface area contributed by atoms with Crippen molar-refractivity contribution in [2.75, 3.05) is 0 Å². The molecule has 3 nitrogen and oxygen atoms in total. The van der Waals surface area contributed by atoms with Gasteiger partial charge in [-0.25, -0.2) is 8.42 Å². The molecule has 126 valence electrons. The number of benzene rings is 1. The van der Waals surface area contributed by atoms with Crippen LogP contribution in [0.2, 0.25) is 0 Å². The molecule has 0 fully saturated rings. The fraction of sp³-hybridized carbons (Fsp3) is 0.667. The molecule has 0 saturated carbocycles. The third-order valence-electron chi connectivity index (χ3n) is 4.09. The van der Waals surface area contributed by atoms with E-state index in [4.69, 9.17) is 0 Å². The molecule has 0 amide bonds. The molecule has 1 unspecified atom stereocenters. The Morgan fingerprint density at radius 1 is 0.870 bits per heavy atom. The monoisotopic (exact) mass is 348 g/mol. The largest absolute Gasteiger partial charge is 1.00 e. The zero-order chi connectivity index (χ0) is 16.3. The Labute approximate surface area is 164 Å². The Balaban J connectivity index is 0.00000484. The third-order valence-corrected chi connectivity index (χ3v) is 5.29. The molecule has 0 saturated heterocycles. The van der Waals surface area contributed by atoms with E-state index in [1.807, 2.05) is 6.07 Å². The molecule has 1 aromatic carbocycles. The van der Waals surface area contributed by atoms with Gasteiger partial charge in [0.2, 0.25) is 0 Å². The number of rotatable bonds is 12. The SMILES string of the molecule is CCCCCCCCCCCC(c1ccccc1)S(=O)(=O)[O-].[Na+]. The Hall–Kier alpha value is 0.130. The molecule has 0 bridgehead atoms. The van der Waals surface area contributed by atoms with Crippen LogP contribution in [0.25, 0.3) is 0 Å². The van der Waals surface area contributed by atoms with Crippen LogP contribution in [0.5, 0.6) is 0 Å². The topological polar surface area (TPSA) is 57.2 Å². The molecule has 0 aromatic heterocycles. The van der Waals surface area contributed by atoms with E-state index in [-0.39, 0.29) is 29.6 Å². The van der Waals surface area contributed by atoms with Crippen LogP contribution in [0.15, 0.2) is 30.3 Å². The summed E-state index contributed by atoms with van der Waals surface area (Å²) in [5, 5.41) is -0.891. The van der Waals surface area contributed by atoms with Gasteiger partial charge in [0, 0.05) is 0 Å². The van der Waals surface area contributed by atoms with Crippen LogP contribution in [-0.4, -0.2) is 13.0 Å². The van der Waals surface area contributed by atoms with Crippen molar-refractivity contribution in [2.24, 2.45) is 0 Å². The molecule has 0 aliphatic heterocycles. The normalized spacial score (nSPS) is 12.6. The van der Waals surface area contributed by atoms with Crippen molar-refractivity contribution >= 4 is 10.1 Å². The van der Waals surface area contributed by atoms with Gasteiger partial charge in [-0.05, 0) is 12.0 Å². The van der Waals surface area contributed by atoms with Gasteiger partial charge in [-0.15, -0.1) is 0 Å². The van der Waals surface area contributed by atoms with Crippen molar-refractivity contribution < 1.29 is 42.5 Å². The molecule has 1 atom stereocenters. The van der Waals surface area contributed by atoms with E-state index >= 15 is 0 Å². The minimum absolute atomic E-state index is 0. The van der Waals surface area contributed by atoms with Crippen molar-refractivity contribution in [3.05, 3.63) is 35.9 Å². The molecular formula is C18H29NaO3S. The summed E-state index contributed by atoms with van der Waals surface area (Å²) in [6.45, 7) is 2.22. The molecular weight excluding hydrogens is 319 g/mol. The van der Waals surface area contributed by atoms with Gasteiger partial charge in [-0.3, -0.25) is 0 Å². The average molecular weight is 348 g/mol. The standard InChI is InChI=1S/C18H30O3S.Na/c1-2-3-4-5-6-7-8-9-13-16-18(22(19,20)21)17-14-11-10-12-15-17;/h10-12,14-15,18H,2-9,13,16H2,1H3,(H,19,20,21);/q;+1/p-1. The van der Waals surface area contributed by atoms with Crippen molar-refractivity contribution in [3.8, 4) is 0 Å². The summed E-state index contributed by atoms with van der Waals surface area (Å²) >= 11 is 0. The number of unbranched alkanes of at least 4 members (excludes halogenated alkanes) is 8. The van der Waals surface area contributed by atoms with Crippen molar-refractivity contribution in [1.82, 2.24) is 0 Å². The van der Waals surface area contributed by atoms with Crippen LogP contribution >= 0.6 is 0 Å². The predicted molar refractivity (Wildman–Crippen MR) is 90.7 cm³/mol. The van der Waals surface area contributed by atoms with Crippen molar-refractivity contribution in [2.45, 2.75) is 76.4 Å². The molecule has 0 radical (unpaired) electrons. The maximum absolute atomic E-state index is 11.4. The van der Waals surface area contributed by atoms with E-state index < -0.39 is 15.4 Å². The van der Waals surface area contributed by atoms with E-state index in [1.54, 1.807) is 24.3 Å². The van der Waals surface area contributed by atoms with Crippen molar-refractivity contribution in [1.29, 1.82) is 0 Å². The Bertz CT molecular complexity index is 488. The first-order valence-corrected chi connectivity index (χ1v) is 10.0.